The van der Waals surface area contributed by atoms with Gasteiger partial charge in [-0.15, -0.1) is 11.3 Å². The van der Waals surface area contributed by atoms with Gasteiger partial charge in [0.2, 0.25) is 0 Å². The van der Waals surface area contributed by atoms with Crippen molar-refractivity contribution >= 4 is 74.6 Å². The molecule has 274 valence electrons. The fraction of sp³-hybridized carbons (Fsp3) is 0. The van der Waals surface area contributed by atoms with Crippen molar-refractivity contribution in [3.63, 3.8) is 0 Å². The molecule has 0 saturated carbocycles. The molecule has 2 heterocycles. The number of nitrogens with zero attached hydrogens (tertiary/aromatic N) is 3. The minimum absolute atomic E-state index is 0.641. The molecule has 0 spiro atoms. The summed E-state index contributed by atoms with van der Waals surface area (Å²) in [6.45, 7) is 0. The summed E-state index contributed by atoms with van der Waals surface area (Å²) >= 11 is 1.79. The lowest BCUT2D eigenvalue weighted by molar-refractivity contribution is 1.08. The summed E-state index contributed by atoms with van der Waals surface area (Å²) in [5.74, 6) is 1.94. The Bertz CT molecular complexity index is 3640. The lowest BCUT2D eigenvalue weighted by Gasteiger charge is -2.16. The first kappa shape index (κ1) is 33.6. The molecule has 0 amide bonds. The SMILES string of the molecule is c1ccc2cc(-c3ccc4ccccc4c3-c3nc(-c4ccc(-c5ccc6ccccc6c5)c5ccccc45)nc(-c4cccc5c4sc4ccccc45)n3)ccc2c1. The van der Waals surface area contributed by atoms with E-state index in [-0.39, 0.29) is 0 Å². The van der Waals surface area contributed by atoms with Crippen molar-refractivity contribution in [1.29, 1.82) is 0 Å². The van der Waals surface area contributed by atoms with Gasteiger partial charge < -0.3 is 0 Å². The Morgan fingerprint density at radius 3 is 1.51 bits per heavy atom. The van der Waals surface area contributed by atoms with Crippen LogP contribution < -0.4 is 0 Å². The minimum Gasteiger partial charge on any atom is -0.208 e. The van der Waals surface area contributed by atoms with E-state index in [1.165, 1.54) is 52.8 Å². The van der Waals surface area contributed by atoms with Gasteiger partial charge in [0, 0.05) is 36.9 Å². The van der Waals surface area contributed by atoms with Gasteiger partial charge in [-0.3, -0.25) is 0 Å². The van der Waals surface area contributed by atoms with Crippen LogP contribution in [0.2, 0.25) is 0 Å². The maximum Gasteiger partial charge on any atom is 0.165 e. The predicted molar refractivity (Wildman–Crippen MR) is 250 cm³/mol. The van der Waals surface area contributed by atoms with Crippen molar-refractivity contribution in [1.82, 2.24) is 15.0 Å². The Hall–Kier alpha value is -7.53. The van der Waals surface area contributed by atoms with Crippen LogP contribution in [0, 0.1) is 0 Å². The average molecular weight is 768 g/mol. The standard InChI is InChI=1S/C55H33N3S/c1-3-15-37-32-39(26-24-34(37)12-1)41-30-31-48(45-19-8-7-18-44(41)45)53-56-54(49-22-11-21-47-46-20-9-10-23-50(46)59-52(47)49)58-55(57-53)51-42-17-6-5-14-36(42)28-29-43(51)40-27-25-35-13-2-4-16-38(35)33-40/h1-33H. The number of hydrogen-bond donors (Lipinski definition) is 0. The smallest absolute Gasteiger partial charge is 0.165 e. The summed E-state index contributed by atoms with van der Waals surface area (Å²) in [5.41, 5.74) is 7.50. The first-order valence-electron chi connectivity index (χ1n) is 19.9. The van der Waals surface area contributed by atoms with E-state index in [1.807, 2.05) is 0 Å². The van der Waals surface area contributed by atoms with Crippen molar-refractivity contribution in [2.75, 3.05) is 0 Å². The Kier molecular flexibility index (Phi) is 7.72. The van der Waals surface area contributed by atoms with Gasteiger partial charge in [0.15, 0.2) is 17.5 Å². The molecule has 0 aliphatic rings. The first-order valence-corrected chi connectivity index (χ1v) is 20.7. The van der Waals surface area contributed by atoms with Gasteiger partial charge in [0.1, 0.15) is 0 Å². The summed E-state index contributed by atoms with van der Waals surface area (Å²) in [6.07, 6.45) is 0. The molecule has 0 aliphatic heterocycles. The molecule has 2 aromatic heterocycles. The van der Waals surface area contributed by atoms with E-state index in [4.69, 9.17) is 15.0 Å². The molecule has 0 radical (unpaired) electrons. The average Bonchev–Trinajstić information content (AvgIpc) is 3.69. The zero-order valence-electron chi connectivity index (χ0n) is 31.8. The van der Waals surface area contributed by atoms with Gasteiger partial charge in [-0.2, -0.15) is 0 Å². The topological polar surface area (TPSA) is 38.7 Å². The molecule has 0 atom stereocenters. The summed E-state index contributed by atoms with van der Waals surface area (Å²) in [6, 6.07) is 71.7. The lowest BCUT2D eigenvalue weighted by Crippen LogP contribution is -2.02. The van der Waals surface area contributed by atoms with Crippen LogP contribution >= 0.6 is 11.3 Å². The second kappa shape index (κ2) is 13.6. The maximum atomic E-state index is 5.50. The van der Waals surface area contributed by atoms with Crippen molar-refractivity contribution in [2.45, 2.75) is 0 Å². The van der Waals surface area contributed by atoms with Crippen LogP contribution in [0.15, 0.2) is 200 Å². The van der Waals surface area contributed by atoms with Crippen LogP contribution in [0.1, 0.15) is 0 Å². The molecule has 3 nitrogen and oxygen atoms in total. The largest absolute Gasteiger partial charge is 0.208 e. The molecule has 12 aromatic rings. The normalized spacial score (nSPS) is 11.7. The Morgan fingerprint density at radius 1 is 0.288 bits per heavy atom. The Morgan fingerprint density at radius 2 is 0.780 bits per heavy atom. The Balaban J connectivity index is 1.14. The molecule has 0 saturated heterocycles. The number of hydrogen-bond acceptors (Lipinski definition) is 4. The van der Waals surface area contributed by atoms with E-state index >= 15 is 0 Å². The molecular formula is C55H33N3S. The van der Waals surface area contributed by atoms with Crippen LogP contribution in [0.4, 0.5) is 0 Å². The van der Waals surface area contributed by atoms with Gasteiger partial charge in [-0.25, -0.2) is 15.0 Å². The van der Waals surface area contributed by atoms with E-state index in [9.17, 15) is 0 Å². The summed E-state index contributed by atoms with van der Waals surface area (Å²) in [5, 5.41) is 11.8. The van der Waals surface area contributed by atoms with Crippen LogP contribution in [-0.4, -0.2) is 15.0 Å². The zero-order chi connectivity index (χ0) is 38.9. The van der Waals surface area contributed by atoms with E-state index in [1.54, 1.807) is 11.3 Å². The van der Waals surface area contributed by atoms with E-state index in [0.29, 0.717) is 17.5 Å². The third kappa shape index (κ3) is 5.60. The molecule has 12 rings (SSSR count). The van der Waals surface area contributed by atoms with Gasteiger partial charge in [-0.05, 0) is 95.7 Å². The third-order valence-electron chi connectivity index (χ3n) is 11.7. The van der Waals surface area contributed by atoms with E-state index < -0.39 is 0 Å². The fourth-order valence-corrected chi connectivity index (χ4v) is 10.1. The quantitative estimate of drug-likeness (QED) is 0.175. The van der Waals surface area contributed by atoms with Crippen LogP contribution in [-0.2, 0) is 0 Å². The first-order chi connectivity index (χ1) is 29.2. The molecule has 0 fully saturated rings. The highest BCUT2D eigenvalue weighted by molar-refractivity contribution is 7.26. The molecule has 0 aliphatic carbocycles. The Labute approximate surface area is 344 Å². The van der Waals surface area contributed by atoms with Crippen molar-refractivity contribution in [3.8, 4) is 56.4 Å². The molecule has 4 heteroatoms. The van der Waals surface area contributed by atoms with Crippen LogP contribution in [0.3, 0.4) is 0 Å². The molecule has 0 bridgehead atoms. The maximum absolute atomic E-state index is 5.50. The lowest BCUT2D eigenvalue weighted by atomic mass is 9.92. The summed E-state index contributed by atoms with van der Waals surface area (Å²) in [4.78, 5) is 16.4. The second-order valence-electron chi connectivity index (χ2n) is 15.1. The second-order valence-corrected chi connectivity index (χ2v) is 16.2. The van der Waals surface area contributed by atoms with Crippen molar-refractivity contribution in [3.05, 3.63) is 200 Å². The van der Waals surface area contributed by atoms with Crippen molar-refractivity contribution < 1.29 is 0 Å². The highest BCUT2D eigenvalue weighted by Crippen LogP contribution is 2.43. The zero-order valence-corrected chi connectivity index (χ0v) is 32.6. The van der Waals surface area contributed by atoms with Crippen LogP contribution in [0.5, 0.6) is 0 Å². The summed E-state index contributed by atoms with van der Waals surface area (Å²) in [7, 11) is 0. The molecule has 0 N–H and O–H groups in total. The molecule has 0 unspecified atom stereocenters. The van der Waals surface area contributed by atoms with Gasteiger partial charge >= 0.3 is 0 Å². The number of aromatic nitrogens is 3. The number of rotatable bonds is 5. The molecular weight excluding hydrogens is 735 g/mol. The number of thiophene rings is 1. The van der Waals surface area contributed by atoms with Crippen LogP contribution in [0.25, 0.3) is 120 Å². The van der Waals surface area contributed by atoms with Gasteiger partial charge in [0.25, 0.3) is 0 Å². The number of fused-ring (bicyclic) bond motifs is 7. The van der Waals surface area contributed by atoms with Gasteiger partial charge in [0.05, 0.1) is 0 Å². The third-order valence-corrected chi connectivity index (χ3v) is 12.9. The van der Waals surface area contributed by atoms with E-state index in [0.717, 1.165) is 49.4 Å². The predicted octanol–water partition coefficient (Wildman–Crippen LogP) is 15.2. The molecule has 59 heavy (non-hydrogen) atoms. The van der Waals surface area contributed by atoms with E-state index in [2.05, 4.69) is 200 Å². The number of benzene rings is 10. The monoisotopic (exact) mass is 767 g/mol. The summed E-state index contributed by atoms with van der Waals surface area (Å²) < 4.78 is 2.41. The van der Waals surface area contributed by atoms with Gasteiger partial charge in [-0.1, -0.05) is 170 Å². The highest BCUT2D eigenvalue weighted by atomic mass is 32.1. The fourth-order valence-electron chi connectivity index (χ4n) is 8.86. The highest BCUT2D eigenvalue weighted by Gasteiger charge is 2.22. The van der Waals surface area contributed by atoms with Crippen molar-refractivity contribution in [2.24, 2.45) is 0 Å². The molecule has 10 aromatic carbocycles. The minimum atomic E-state index is 0.641.